The fraction of sp³-hybridized carbons (Fsp3) is 0.714. The Kier molecular flexibility index (Phi) is 8.20. The summed E-state index contributed by atoms with van der Waals surface area (Å²) < 4.78 is 0. The molecule has 0 bridgehead atoms. The van der Waals surface area contributed by atoms with Crippen LogP contribution in [-0.2, 0) is 0 Å². The van der Waals surface area contributed by atoms with Gasteiger partial charge >= 0.3 is 0 Å². The van der Waals surface area contributed by atoms with Crippen molar-refractivity contribution in [3.05, 3.63) is 23.2 Å². The molecular formula is C14H27Al. The van der Waals surface area contributed by atoms with Crippen LogP contribution < -0.4 is 0 Å². The number of rotatable bonds is 7. The molecule has 0 aromatic carbocycles. The molecule has 0 unspecified atom stereocenters. The third-order valence-corrected chi connectivity index (χ3v) is 5.90. The van der Waals surface area contributed by atoms with Crippen LogP contribution in [0.15, 0.2) is 23.2 Å². The summed E-state index contributed by atoms with van der Waals surface area (Å²) >= 11 is -0.645. The van der Waals surface area contributed by atoms with Crippen LogP contribution in [0.3, 0.4) is 0 Å². The van der Waals surface area contributed by atoms with Crippen molar-refractivity contribution < 1.29 is 0 Å². The van der Waals surface area contributed by atoms with Gasteiger partial charge in [-0.15, -0.1) is 4.94 Å². The van der Waals surface area contributed by atoms with E-state index in [0.717, 1.165) is 11.8 Å². The fourth-order valence-electron chi connectivity index (χ4n) is 1.75. The van der Waals surface area contributed by atoms with Gasteiger partial charge in [0.1, 0.15) is 0 Å². The van der Waals surface area contributed by atoms with E-state index in [1.165, 1.54) is 22.6 Å². The quantitative estimate of drug-likeness (QED) is 0.426. The summed E-state index contributed by atoms with van der Waals surface area (Å²) in [6, 6.07) is 0. The van der Waals surface area contributed by atoms with Crippen molar-refractivity contribution in [2.45, 2.75) is 51.6 Å². The second-order valence-electron chi connectivity index (χ2n) is 5.57. The third kappa shape index (κ3) is 10.3. The normalized spacial score (nSPS) is 11.7. The summed E-state index contributed by atoms with van der Waals surface area (Å²) in [7, 11) is 0. The molecule has 0 radical (unpaired) electrons. The predicted molar refractivity (Wildman–Crippen MR) is 73.6 cm³/mol. The van der Waals surface area contributed by atoms with E-state index in [0.29, 0.717) is 0 Å². The largest absolute Gasteiger partial charge is 0.295 e. The fourth-order valence-corrected chi connectivity index (χ4v) is 5.24. The van der Waals surface area contributed by atoms with E-state index in [2.05, 4.69) is 52.2 Å². The first-order valence-electron chi connectivity index (χ1n) is 6.25. The first-order valence-corrected chi connectivity index (χ1v) is 8.55. The van der Waals surface area contributed by atoms with E-state index >= 15 is 0 Å². The van der Waals surface area contributed by atoms with Gasteiger partial charge in [-0.2, -0.15) is 0 Å². The predicted octanol–water partition coefficient (Wildman–Crippen LogP) is 4.85. The first kappa shape index (κ1) is 15.0. The lowest BCUT2D eigenvalue weighted by molar-refractivity contribution is 0.618. The highest BCUT2D eigenvalue weighted by atomic mass is 27.2. The summed E-state index contributed by atoms with van der Waals surface area (Å²) in [6.07, 6.45) is 3.63. The number of allylic oxidation sites excluding steroid dienone is 2. The Bertz CT molecular complexity index is 201. The maximum atomic E-state index is 3.94. The Hall–Kier alpha value is 0.0125. The molecule has 0 aromatic rings. The van der Waals surface area contributed by atoms with E-state index in [1.807, 2.05) is 0 Å². The van der Waals surface area contributed by atoms with Crippen LogP contribution in [0.4, 0.5) is 0 Å². The van der Waals surface area contributed by atoms with Crippen molar-refractivity contribution in [3.63, 3.8) is 0 Å². The van der Waals surface area contributed by atoms with Crippen LogP contribution in [0.5, 0.6) is 0 Å². The van der Waals surface area contributed by atoms with Gasteiger partial charge in [0.2, 0.25) is 0 Å². The molecule has 0 atom stereocenters. The minimum atomic E-state index is -0.645. The molecule has 0 spiro atoms. The van der Waals surface area contributed by atoms with Crippen LogP contribution >= 0.6 is 0 Å². The topological polar surface area (TPSA) is 0 Å². The summed E-state index contributed by atoms with van der Waals surface area (Å²) in [5.74, 6) is 1.70. The molecule has 0 aliphatic carbocycles. The Balaban J connectivity index is 4.12. The number of hydrogen-bond donors (Lipinski definition) is 0. The smallest absolute Gasteiger partial charge is 0.144 e. The minimum Gasteiger partial charge on any atom is -0.144 e. The van der Waals surface area contributed by atoms with Crippen LogP contribution in [0.25, 0.3) is 0 Å². The van der Waals surface area contributed by atoms with Gasteiger partial charge < -0.3 is 0 Å². The van der Waals surface area contributed by atoms with E-state index in [9.17, 15) is 0 Å². The Morgan fingerprint density at radius 3 is 2.20 bits per heavy atom. The number of hydrogen-bond acceptors (Lipinski definition) is 0. The average molecular weight is 222 g/mol. The van der Waals surface area contributed by atoms with Crippen LogP contribution in [0.2, 0.25) is 10.6 Å². The molecule has 0 nitrogen and oxygen atoms in total. The van der Waals surface area contributed by atoms with Gasteiger partial charge in [0.15, 0.2) is 0 Å². The van der Waals surface area contributed by atoms with Crippen LogP contribution in [0.1, 0.15) is 41.0 Å². The highest BCUT2D eigenvalue weighted by Gasteiger charge is 2.15. The van der Waals surface area contributed by atoms with Crippen molar-refractivity contribution in [3.8, 4) is 0 Å². The van der Waals surface area contributed by atoms with Gasteiger partial charge in [-0.1, -0.05) is 68.8 Å². The zero-order valence-electron chi connectivity index (χ0n) is 11.2. The van der Waals surface area contributed by atoms with Gasteiger partial charge in [0.25, 0.3) is 14.1 Å². The van der Waals surface area contributed by atoms with E-state index in [-0.39, 0.29) is 0 Å². The molecule has 0 rings (SSSR count). The zero-order valence-corrected chi connectivity index (χ0v) is 12.4. The molecule has 0 heterocycles. The molecule has 0 saturated heterocycles. The van der Waals surface area contributed by atoms with Crippen molar-refractivity contribution in [2.75, 3.05) is 0 Å². The highest BCUT2D eigenvalue weighted by molar-refractivity contribution is 6.64. The molecule has 86 valence electrons. The van der Waals surface area contributed by atoms with Crippen molar-refractivity contribution in [2.24, 2.45) is 11.8 Å². The second-order valence-corrected chi connectivity index (χ2v) is 8.52. The summed E-state index contributed by atoms with van der Waals surface area (Å²) in [6.45, 7) is 15.3. The monoisotopic (exact) mass is 222 g/mol. The maximum absolute atomic E-state index is 3.94. The summed E-state index contributed by atoms with van der Waals surface area (Å²) in [5.41, 5.74) is 1.20. The van der Waals surface area contributed by atoms with Gasteiger partial charge in [0.05, 0.1) is 0 Å². The standard InChI is InChI=1S/C5H11.C5H7.C4H9.Al/c2*1-4-5(2)3;1-4(2)3;/h5H,1,4H2,2-3H3;1,4H,2H2,3H3;4H,1H2,2-3H3;. The Morgan fingerprint density at radius 1 is 1.20 bits per heavy atom. The molecule has 15 heavy (non-hydrogen) atoms. The van der Waals surface area contributed by atoms with Gasteiger partial charge in [-0.3, -0.25) is 0 Å². The van der Waals surface area contributed by atoms with Crippen molar-refractivity contribution in [1.29, 1.82) is 0 Å². The maximum Gasteiger partial charge on any atom is 0.295 e. The van der Waals surface area contributed by atoms with Gasteiger partial charge in [0, 0.05) is 0 Å². The van der Waals surface area contributed by atoms with Gasteiger partial charge in [-0.25, -0.2) is 0 Å². The summed E-state index contributed by atoms with van der Waals surface area (Å²) in [5, 5.41) is 2.90. The second kappa shape index (κ2) is 8.20. The molecule has 0 aliphatic rings. The van der Waals surface area contributed by atoms with Crippen molar-refractivity contribution >= 4 is 14.1 Å². The minimum absolute atomic E-state index is 0.645. The van der Waals surface area contributed by atoms with E-state index < -0.39 is 14.1 Å². The average Bonchev–Trinajstić information content (AvgIpc) is 2.08. The molecule has 0 aliphatic heterocycles. The van der Waals surface area contributed by atoms with Crippen LogP contribution in [-0.4, -0.2) is 14.1 Å². The Labute approximate surface area is 101 Å². The lowest BCUT2D eigenvalue weighted by Gasteiger charge is -2.11. The molecule has 0 N–H and O–H groups in total. The molecular weight excluding hydrogens is 195 g/mol. The molecule has 0 aromatic heterocycles. The van der Waals surface area contributed by atoms with E-state index in [1.54, 1.807) is 0 Å². The van der Waals surface area contributed by atoms with E-state index in [4.69, 9.17) is 0 Å². The summed E-state index contributed by atoms with van der Waals surface area (Å²) in [4.78, 5) is 2.49. The lowest BCUT2D eigenvalue weighted by Crippen LogP contribution is -2.13. The van der Waals surface area contributed by atoms with Crippen LogP contribution in [0, 0.1) is 11.8 Å². The van der Waals surface area contributed by atoms with Crippen molar-refractivity contribution in [1.82, 2.24) is 0 Å². The Morgan fingerprint density at radius 2 is 1.80 bits per heavy atom. The molecule has 0 amide bonds. The molecule has 0 saturated carbocycles. The zero-order chi connectivity index (χ0) is 11.8. The lowest BCUT2D eigenvalue weighted by atomic mass is 10.2. The van der Waals surface area contributed by atoms with Gasteiger partial charge in [-0.05, 0) is 12.8 Å². The molecule has 0 fully saturated rings. The third-order valence-electron chi connectivity index (χ3n) is 2.54. The molecule has 1 heteroatoms. The highest BCUT2D eigenvalue weighted by Crippen LogP contribution is 2.16. The first-order chi connectivity index (χ1) is 6.91. The SMILES string of the molecule is C=C(C)C=[CH][Al]([CH2]CC(C)C)[CH2]C(C)C.